The first-order valence-electron chi connectivity index (χ1n) is 4.43. The lowest BCUT2D eigenvalue weighted by molar-refractivity contribution is 0.633. The van der Waals surface area contributed by atoms with Crippen LogP contribution >= 0.6 is 0 Å². The van der Waals surface area contributed by atoms with Gasteiger partial charge in [-0.2, -0.15) is 5.10 Å². The second kappa shape index (κ2) is 4.21. The molecule has 12 heavy (non-hydrogen) atoms. The normalized spacial score (nSPS) is 13.2. The molecule has 0 saturated carbocycles. The van der Waals surface area contributed by atoms with Gasteiger partial charge in [-0.25, -0.2) is 4.98 Å². The molecule has 1 rings (SSSR count). The molecule has 0 aliphatic carbocycles. The molecule has 3 N–H and O–H groups in total. The van der Waals surface area contributed by atoms with Crippen molar-refractivity contribution in [3.63, 3.8) is 0 Å². The van der Waals surface area contributed by atoms with Crippen molar-refractivity contribution in [1.82, 2.24) is 15.2 Å². The maximum absolute atomic E-state index is 5.57. The predicted octanol–water partition coefficient (Wildman–Crippen LogP) is 0.819. The van der Waals surface area contributed by atoms with Crippen molar-refractivity contribution in [3.8, 4) is 0 Å². The third-order valence-electron chi connectivity index (χ3n) is 2.03. The van der Waals surface area contributed by atoms with Crippen LogP contribution < -0.4 is 5.73 Å². The third kappa shape index (κ3) is 1.82. The lowest BCUT2D eigenvalue weighted by Crippen LogP contribution is -2.12. The highest BCUT2D eigenvalue weighted by Gasteiger charge is 2.11. The number of nitrogens with two attached hydrogens (primary N) is 1. The largest absolute Gasteiger partial charge is 0.330 e. The van der Waals surface area contributed by atoms with Crippen LogP contribution in [-0.2, 0) is 6.42 Å². The molecular weight excluding hydrogens is 152 g/mol. The number of aromatic amines is 1. The van der Waals surface area contributed by atoms with Crippen molar-refractivity contribution in [2.45, 2.75) is 32.6 Å². The van der Waals surface area contributed by atoms with E-state index in [-0.39, 0.29) is 0 Å². The standard InChI is InChI=1S/C8H16N4/c1-3-6(5-9)8-10-7(4-2)11-12-8/h6H,3-5,9H2,1-2H3,(H,10,11,12). The first kappa shape index (κ1) is 9.19. The molecule has 0 aliphatic heterocycles. The van der Waals surface area contributed by atoms with Crippen LogP contribution in [0.25, 0.3) is 0 Å². The van der Waals surface area contributed by atoms with Crippen LogP contribution in [0.3, 0.4) is 0 Å². The van der Waals surface area contributed by atoms with Crippen LogP contribution in [0.5, 0.6) is 0 Å². The van der Waals surface area contributed by atoms with Crippen LogP contribution in [0.4, 0.5) is 0 Å². The summed E-state index contributed by atoms with van der Waals surface area (Å²) in [5, 5.41) is 7.00. The molecule has 0 saturated heterocycles. The molecule has 4 heteroatoms. The Morgan fingerprint density at radius 2 is 2.25 bits per heavy atom. The Labute approximate surface area is 72.6 Å². The van der Waals surface area contributed by atoms with Crippen molar-refractivity contribution in [2.75, 3.05) is 6.54 Å². The Morgan fingerprint density at radius 1 is 1.50 bits per heavy atom. The van der Waals surface area contributed by atoms with E-state index in [0.717, 1.165) is 24.5 Å². The number of nitrogens with zero attached hydrogens (tertiary/aromatic N) is 2. The minimum absolute atomic E-state index is 0.307. The number of aryl methyl sites for hydroxylation is 1. The van der Waals surface area contributed by atoms with Gasteiger partial charge in [0, 0.05) is 18.9 Å². The number of rotatable bonds is 4. The summed E-state index contributed by atoms with van der Waals surface area (Å²) in [5.74, 6) is 2.11. The molecule has 0 aromatic carbocycles. The second-order valence-electron chi connectivity index (χ2n) is 2.83. The summed E-state index contributed by atoms with van der Waals surface area (Å²) in [6.45, 7) is 4.77. The lowest BCUT2D eigenvalue weighted by atomic mass is 10.1. The van der Waals surface area contributed by atoms with E-state index in [1.807, 2.05) is 6.92 Å². The van der Waals surface area contributed by atoms with Gasteiger partial charge in [0.15, 0.2) is 5.82 Å². The summed E-state index contributed by atoms with van der Waals surface area (Å²) in [5.41, 5.74) is 5.57. The summed E-state index contributed by atoms with van der Waals surface area (Å²) in [7, 11) is 0. The summed E-state index contributed by atoms with van der Waals surface area (Å²) >= 11 is 0. The molecule has 0 aliphatic rings. The molecule has 0 amide bonds. The third-order valence-corrected chi connectivity index (χ3v) is 2.03. The maximum atomic E-state index is 5.57. The molecule has 1 aromatic rings. The molecule has 0 spiro atoms. The van der Waals surface area contributed by atoms with Gasteiger partial charge < -0.3 is 5.73 Å². The van der Waals surface area contributed by atoms with Crippen molar-refractivity contribution in [2.24, 2.45) is 5.73 Å². The van der Waals surface area contributed by atoms with E-state index in [2.05, 4.69) is 22.1 Å². The highest BCUT2D eigenvalue weighted by Crippen LogP contribution is 2.12. The molecule has 0 bridgehead atoms. The van der Waals surface area contributed by atoms with Gasteiger partial charge in [0.2, 0.25) is 0 Å². The van der Waals surface area contributed by atoms with Gasteiger partial charge in [0.1, 0.15) is 5.82 Å². The van der Waals surface area contributed by atoms with Gasteiger partial charge in [0.05, 0.1) is 0 Å². The van der Waals surface area contributed by atoms with Crippen LogP contribution in [0, 0.1) is 0 Å². The lowest BCUT2D eigenvalue weighted by Gasteiger charge is -2.05. The quantitative estimate of drug-likeness (QED) is 0.699. The zero-order valence-corrected chi connectivity index (χ0v) is 7.67. The fraction of sp³-hybridized carbons (Fsp3) is 0.750. The highest BCUT2D eigenvalue weighted by molar-refractivity contribution is 4.97. The van der Waals surface area contributed by atoms with E-state index in [9.17, 15) is 0 Å². The molecule has 68 valence electrons. The van der Waals surface area contributed by atoms with Gasteiger partial charge in [-0.1, -0.05) is 13.8 Å². The van der Waals surface area contributed by atoms with Crippen molar-refractivity contribution < 1.29 is 0 Å². The molecule has 1 heterocycles. The Kier molecular flexibility index (Phi) is 3.22. The van der Waals surface area contributed by atoms with E-state index in [1.54, 1.807) is 0 Å². The predicted molar refractivity (Wildman–Crippen MR) is 47.8 cm³/mol. The Bertz CT molecular complexity index is 227. The van der Waals surface area contributed by atoms with E-state index in [0.29, 0.717) is 12.5 Å². The van der Waals surface area contributed by atoms with Gasteiger partial charge in [-0.3, -0.25) is 5.10 Å². The zero-order chi connectivity index (χ0) is 8.97. The average Bonchev–Trinajstić information content (AvgIpc) is 2.55. The van der Waals surface area contributed by atoms with Gasteiger partial charge in [-0.15, -0.1) is 0 Å². The monoisotopic (exact) mass is 168 g/mol. The van der Waals surface area contributed by atoms with E-state index >= 15 is 0 Å². The minimum atomic E-state index is 0.307. The minimum Gasteiger partial charge on any atom is -0.330 e. The Balaban J connectivity index is 2.72. The van der Waals surface area contributed by atoms with Gasteiger partial charge in [0.25, 0.3) is 0 Å². The van der Waals surface area contributed by atoms with Gasteiger partial charge in [-0.05, 0) is 6.42 Å². The first-order chi connectivity index (χ1) is 5.81. The van der Waals surface area contributed by atoms with Crippen molar-refractivity contribution in [3.05, 3.63) is 11.6 Å². The average molecular weight is 168 g/mol. The number of hydrogen-bond acceptors (Lipinski definition) is 3. The first-order valence-corrected chi connectivity index (χ1v) is 4.43. The maximum Gasteiger partial charge on any atom is 0.155 e. The summed E-state index contributed by atoms with van der Waals surface area (Å²) in [6.07, 6.45) is 1.89. The summed E-state index contributed by atoms with van der Waals surface area (Å²) in [6, 6.07) is 0. The fourth-order valence-electron chi connectivity index (χ4n) is 1.11. The van der Waals surface area contributed by atoms with Crippen molar-refractivity contribution >= 4 is 0 Å². The van der Waals surface area contributed by atoms with Crippen LogP contribution in [-0.4, -0.2) is 21.7 Å². The molecule has 1 atom stereocenters. The molecule has 4 nitrogen and oxygen atoms in total. The number of nitrogens with one attached hydrogen (secondary N) is 1. The molecule has 1 aromatic heterocycles. The summed E-state index contributed by atoms with van der Waals surface area (Å²) in [4.78, 5) is 4.32. The van der Waals surface area contributed by atoms with Crippen LogP contribution in [0.15, 0.2) is 0 Å². The van der Waals surface area contributed by atoms with Crippen molar-refractivity contribution in [1.29, 1.82) is 0 Å². The summed E-state index contributed by atoms with van der Waals surface area (Å²) < 4.78 is 0. The van der Waals surface area contributed by atoms with Crippen LogP contribution in [0.2, 0.25) is 0 Å². The van der Waals surface area contributed by atoms with Gasteiger partial charge >= 0.3 is 0 Å². The van der Waals surface area contributed by atoms with Crippen LogP contribution in [0.1, 0.15) is 37.8 Å². The van der Waals surface area contributed by atoms with E-state index < -0.39 is 0 Å². The number of aromatic nitrogens is 3. The second-order valence-corrected chi connectivity index (χ2v) is 2.83. The molecule has 1 unspecified atom stereocenters. The fourth-order valence-corrected chi connectivity index (χ4v) is 1.11. The Hall–Kier alpha value is -0.900. The van der Waals surface area contributed by atoms with E-state index in [1.165, 1.54) is 0 Å². The van der Waals surface area contributed by atoms with E-state index in [4.69, 9.17) is 5.73 Å². The molecule has 0 radical (unpaired) electrons. The molecule has 0 fully saturated rings. The Morgan fingerprint density at radius 3 is 2.67 bits per heavy atom. The molecular formula is C8H16N4. The number of H-pyrrole nitrogens is 1. The smallest absolute Gasteiger partial charge is 0.155 e. The topological polar surface area (TPSA) is 67.6 Å². The highest BCUT2D eigenvalue weighted by atomic mass is 15.2. The SMILES string of the molecule is CCc1nc(C(CC)CN)n[nH]1. The number of hydrogen-bond donors (Lipinski definition) is 2. The zero-order valence-electron chi connectivity index (χ0n) is 7.67.